The number of aryl methyl sites for hydroxylation is 1. The predicted octanol–water partition coefficient (Wildman–Crippen LogP) is 4.31. The fourth-order valence-electron chi connectivity index (χ4n) is 3.15. The second-order valence-electron chi connectivity index (χ2n) is 5.95. The molecule has 1 aliphatic rings. The van der Waals surface area contributed by atoms with Crippen molar-refractivity contribution in [1.29, 1.82) is 0 Å². The van der Waals surface area contributed by atoms with Crippen LogP contribution in [-0.2, 0) is 0 Å². The maximum Gasteiger partial charge on any atom is 0.260 e. The Kier molecular flexibility index (Phi) is 3.58. The minimum absolute atomic E-state index is 0.589. The molecule has 0 amide bonds. The van der Waals surface area contributed by atoms with E-state index in [1.807, 2.05) is 24.3 Å². The van der Waals surface area contributed by atoms with Crippen LogP contribution in [0.5, 0.6) is 0 Å². The first kappa shape index (κ1) is 14.0. The van der Waals surface area contributed by atoms with Crippen LogP contribution in [0, 0.1) is 6.92 Å². The summed E-state index contributed by atoms with van der Waals surface area (Å²) < 4.78 is 5.57. The highest BCUT2D eigenvalue weighted by Crippen LogP contribution is 2.33. The number of aromatic nitrogens is 2. The summed E-state index contributed by atoms with van der Waals surface area (Å²) in [5.74, 6) is 1.24. The third-order valence-corrected chi connectivity index (χ3v) is 4.39. The molecule has 0 bridgehead atoms. The monoisotopic (exact) mass is 305 g/mol. The fraction of sp³-hybridized carbons (Fsp3) is 0.263. The molecule has 2 heterocycles. The van der Waals surface area contributed by atoms with Crippen LogP contribution >= 0.6 is 0 Å². The highest BCUT2D eigenvalue weighted by molar-refractivity contribution is 5.74. The van der Waals surface area contributed by atoms with Gasteiger partial charge in [0, 0.05) is 24.3 Å². The zero-order chi connectivity index (χ0) is 15.6. The van der Waals surface area contributed by atoms with Crippen LogP contribution in [0.2, 0.25) is 0 Å². The van der Waals surface area contributed by atoms with E-state index < -0.39 is 0 Å². The van der Waals surface area contributed by atoms with Gasteiger partial charge in [0.2, 0.25) is 5.82 Å². The lowest BCUT2D eigenvalue weighted by molar-refractivity contribution is 0.432. The topological polar surface area (TPSA) is 42.2 Å². The number of para-hydroxylation sites is 1. The second-order valence-corrected chi connectivity index (χ2v) is 5.95. The molecule has 0 atom stereocenters. The van der Waals surface area contributed by atoms with Gasteiger partial charge in [0.05, 0.1) is 5.56 Å². The molecule has 4 heteroatoms. The largest absolute Gasteiger partial charge is 0.371 e. The second kappa shape index (κ2) is 5.88. The van der Waals surface area contributed by atoms with Crippen molar-refractivity contribution in [3.05, 3.63) is 54.1 Å². The van der Waals surface area contributed by atoms with Crippen LogP contribution in [0.25, 0.3) is 22.8 Å². The Balaban J connectivity index is 1.74. The normalized spacial score (nSPS) is 14.4. The van der Waals surface area contributed by atoms with Gasteiger partial charge in [0.25, 0.3) is 5.89 Å². The fourth-order valence-corrected chi connectivity index (χ4v) is 3.15. The smallest absolute Gasteiger partial charge is 0.260 e. The van der Waals surface area contributed by atoms with E-state index >= 15 is 0 Å². The molecule has 4 rings (SSSR count). The van der Waals surface area contributed by atoms with Crippen LogP contribution in [-0.4, -0.2) is 23.2 Å². The van der Waals surface area contributed by atoms with Crippen molar-refractivity contribution >= 4 is 5.69 Å². The van der Waals surface area contributed by atoms with Gasteiger partial charge in [0.1, 0.15) is 0 Å². The van der Waals surface area contributed by atoms with E-state index in [9.17, 15) is 0 Å². The van der Waals surface area contributed by atoms with Gasteiger partial charge in [-0.25, -0.2) is 0 Å². The molecule has 1 fully saturated rings. The van der Waals surface area contributed by atoms with Crippen LogP contribution in [0.1, 0.15) is 18.4 Å². The summed E-state index contributed by atoms with van der Waals surface area (Å²) in [7, 11) is 0. The third-order valence-electron chi connectivity index (χ3n) is 4.39. The van der Waals surface area contributed by atoms with E-state index in [4.69, 9.17) is 4.52 Å². The lowest BCUT2D eigenvalue weighted by Crippen LogP contribution is -2.18. The standard InChI is InChI=1S/C19H19N3O/c1-14-8-2-3-9-15(14)18-20-19(23-21-18)16-10-4-5-11-17(16)22-12-6-7-13-22/h2-5,8-11H,6-7,12-13H2,1H3. The first-order valence-electron chi connectivity index (χ1n) is 8.07. The van der Waals surface area contributed by atoms with Crippen molar-refractivity contribution in [3.8, 4) is 22.8 Å². The summed E-state index contributed by atoms with van der Waals surface area (Å²) in [5.41, 5.74) is 4.36. The maximum absolute atomic E-state index is 5.57. The number of hydrogen-bond acceptors (Lipinski definition) is 4. The first-order valence-corrected chi connectivity index (χ1v) is 8.07. The molecule has 4 nitrogen and oxygen atoms in total. The third kappa shape index (κ3) is 2.61. The lowest BCUT2D eigenvalue weighted by Gasteiger charge is -2.19. The molecular formula is C19H19N3O. The van der Waals surface area contributed by atoms with Crippen LogP contribution in [0.4, 0.5) is 5.69 Å². The van der Waals surface area contributed by atoms with Gasteiger partial charge in [-0.05, 0) is 37.5 Å². The molecule has 1 saturated heterocycles. The molecule has 116 valence electrons. The van der Waals surface area contributed by atoms with E-state index in [1.165, 1.54) is 18.5 Å². The highest BCUT2D eigenvalue weighted by Gasteiger charge is 2.20. The van der Waals surface area contributed by atoms with E-state index in [2.05, 4.69) is 46.2 Å². The molecule has 0 N–H and O–H groups in total. The molecule has 1 aliphatic heterocycles. The molecule has 0 unspecified atom stereocenters. The van der Waals surface area contributed by atoms with Gasteiger partial charge < -0.3 is 9.42 Å². The molecule has 3 aromatic rings. The molecule has 0 aliphatic carbocycles. The Bertz CT molecular complexity index is 819. The zero-order valence-corrected chi connectivity index (χ0v) is 13.2. The molecule has 0 saturated carbocycles. The Morgan fingerprint density at radius 1 is 0.913 bits per heavy atom. The summed E-state index contributed by atoms with van der Waals surface area (Å²) in [6.07, 6.45) is 2.49. The van der Waals surface area contributed by atoms with Crippen molar-refractivity contribution in [2.45, 2.75) is 19.8 Å². The van der Waals surface area contributed by atoms with Gasteiger partial charge in [-0.3, -0.25) is 0 Å². The summed E-state index contributed by atoms with van der Waals surface area (Å²) in [6, 6.07) is 16.4. The minimum Gasteiger partial charge on any atom is -0.371 e. The SMILES string of the molecule is Cc1ccccc1-c1noc(-c2ccccc2N2CCCC2)n1. The first-order chi connectivity index (χ1) is 11.3. The van der Waals surface area contributed by atoms with Crippen LogP contribution in [0.3, 0.4) is 0 Å². The number of hydrogen-bond donors (Lipinski definition) is 0. The van der Waals surface area contributed by atoms with Crippen molar-refractivity contribution in [1.82, 2.24) is 10.1 Å². The van der Waals surface area contributed by atoms with Crippen LogP contribution in [0.15, 0.2) is 53.1 Å². The summed E-state index contributed by atoms with van der Waals surface area (Å²) in [6.45, 7) is 4.25. The van der Waals surface area contributed by atoms with E-state index in [1.54, 1.807) is 0 Å². The van der Waals surface area contributed by atoms with E-state index in [0.29, 0.717) is 11.7 Å². The van der Waals surface area contributed by atoms with Gasteiger partial charge >= 0.3 is 0 Å². The predicted molar refractivity (Wildman–Crippen MR) is 91.4 cm³/mol. The highest BCUT2D eigenvalue weighted by atomic mass is 16.5. The Hall–Kier alpha value is -2.62. The van der Waals surface area contributed by atoms with Gasteiger partial charge in [-0.15, -0.1) is 0 Å². The van der Waals surface area contributed by atoms with Crippen molar-refractivity contribution in [2.75, 3.05) is 18.0 Å². The minimum atomic E-state index is 0.589. The number of benzene rings is 2. The molecule has 23 heavy (non-hydrogen) atoms. The zero-order valence-electron chi connectivity index (χ0n) is 13.2. The van der Waals surface area contributed by atoms with Crippen LogP contribution < -0.4 is 4.90 Å². The summed E-state index contributed by atoms with van der Waals surface area (Å²) in [5, 5.41) is 4.19. The number of nitrogens with zero attached hydrogens (tertiary/aromatic N) is 3. The van der Waals surface area contributed by atoms with Crippen molar-refractivity contribution in [3.63, 3.8) is 0 Å². The molecule has 2 aromatic carbocycles. The van der Waals surface area contributed by atoms with Crippen molar-refractivity contribution in [2.24, 2.45) is 0 Å². The Labute approximate surface area is 135 Å². The van der Waals surface area contributed by atoms with E-state index in [0.717, 1.165) is 29.8 Å². The average Bonchev–Trinajstić information content (AvgIpc) is 3.27. The molecule has 0 spiro atoms. The maximum atomic E-state index is 5.57. The van der Waals surface area contributed by atoms with E-state index in [-0.39, 0.29) is 0 Å². The van der Waals surface area contributed by atoms with Gasteiger partial charge in [-0.1, -0.05) is 41.6 Å². The summed E-state index contributed by atoms with van der Waals surface area (Å²) >= 11 is 0. The lowest BCUT2D eigenvalue weighted by atomic mass is 10.1. The van der Waals surface area contributed by atoms with Crippen molar-refractivity contribution < 1.29 is 4.52 Å². The number of rotatable bonds is 3. The summed E-state index contributed by atoms with van der Waals surface area (Å²) in [4.78, 5) is 7.03. The van der Waals surface area contributed by atoms with Gasteiger partial charge in [-0.2, -0.15) is 4.98 Å². The Morgan fingerprint density at radius 3 is 2.39 bits per heavy atom. The average molecular weight is 305 g/mol. The molecule has 1 aromatic heterocycles. The van der Waals surface area contributed by atoms with Gasteiger partial charge in [0.15, 0.2) is 0 Å². The quantitative estimate of drug-likeness (QED) is 0.723. The molecule has 0 radical (unpaired) electrons. The Morgan fingerprint density at radius 2 is 1.61 bits per heavy atom. The molecular weight excluding hydrogens is 286 g/mol. The number of anilines is 1.